The van der Waals surface area contributed by atoms with Crippen LogP contribution in [-0.4, -0.2) is 59.4 Å². The number of nitrogens with zero attached hydrogens (tertiary/aromatic N) is 4. The van der Waals surface area contributed by atoms with E-state index in [9.17, 15) is 4.79 Å². The molecular weight excluding hydrogens is 336 g/mol. The standard InChI is InChI=1S/C19H23ClN4O/c1-23(2)13-17(25)24-10-4-6-15(12-24)19-18(21-8-9-22-19)14-5-3-7-16(20)11-14/h3,5,7-9,11,15H,4,6,10,12-13H2,1-2H3/t15-/m0/s1. The molecule has 1 saturated heterocycles. The van der Waals surface area contributed by atoms with Gasteiger partial charge in [-0.2, -0.15) is 0 Å². The number of hydrogen-bond acceptors (Lipinski definition) is 4. The highest BCUT2D eigenvalue weighted by molar-refractivity contribution is 6.30. The number of carbonyl (C=O) groups excluding carboxylic acids is 1. The van der Waals surface area contributed by atoms with E-state index in [1.54, 1.807) is 12.4 Å². The second-order valence-corrected chi connectivity index (χ2v) is 7.15. The lowest BCUT2D eigenvalue weighted by molar-refractivity contribution is -0.133. The molecule has 1 amide bonds. The predicted octanol–water partition coefficient (Wildman–Crippen LogP) is 3.06. The van der Waals surface area contributed by atoms with Crippen molar-refractivity contribution in [1.82, 2.24) is 19.8 Å². The quantitative estimate of drug-likeness (QED) is 0.842. The molecule has 3 rings (SSSR count). The van der Waals surface area contributed by atoms with Crippen molar-refractivity contribution in [3.05, 3.63) is 47.4 Å². The van der Waals surface area contributed by atoms with Crippen LogP contribution in [0.2, 0.25) is 5.02 Å². The van der Waals surface area contributed by atoms with Gasteiger partial charge in [0.15, 0.2) is 0 Å². The summed E-state index contributed by atoms with van der Waals surface area (Å²) in [5.41, 5.74) is 2.77. The van der Waals surface area contributed by atoms with Crippen LogP contribution in [0, 0.1) is 0 Å². The Morgan fingerprint density at radius 3 is 2.88 bits per heavy atom. The van der Waals surface area contributed by atoms with Crippen molar-refractivity contribution in [3.63, 3.8) is 0 Å². The molecule has 1 aromatic carbocycles. The second kappa shape index (κ2) is 7.93. The van der Waals surface area contributed by atoms with Crippen LogP contribution in [0.25, 0.3) is 11.3 Å². The Bertz CT molecular complexity index is 750. The van der Waals surface area contributed by atoms with Gasteiger partial charge in [-0.15, -0.1) is 0 Å². The maximum atomic E-state index is 12.4. The molecule has 5 nitrogen and oxygen atoms in total. The van der Waals surface area contributed by atoms with Crippen LogP contribution in [-0.2, 0) is 4.79 Å². The van der Waals surface area contributed by atoms with E-state index in [-0.39, 0.29) is 11.8 Å². The predicted molar refractivity (Wildman–Crippen MR) is 99.6 cm³/mol. The number of piperidine rings is 1. The minimum Gasteiger partial charge on any atom is -0.341 e. The molecule has 0 radical (unpaired) electrons. The number of amides is 1. The van der Waals surface area contributed by atoms with Crippen molar-refractivity contribution in [1.29, 1.82) is 0 Å². The fraction of sp³-hybridized carbons (Fsp3) is 0.421. The zero-order valence-electron chi connectivity index (χ0n) is 14.7. The van der Waals surface area contributed by atoms with Crippen LogP contribution in [0.15, 0.2) is 36.7 Å². The molecule has 6 heteroatoms. The van der Waals surface area contributed by atoms with Gasteiger partial charge in [0.25, 0.3) is 0 Å². The Kier molecular flexibility index (Phi) is 5.66. The van der Waals surface area contributed by atoms with Gasteiger partial charge in [0, 0.05) is 42.0 Å². The average Bonchev–Trinajstić information content (AvgIpc) is 2.61. The Labute approximate surface area is 153 Å². The largest absolute Gasteiger partial charge is 0.341 e. The molecule has 0 spiro atoms. The fourth-order valence-corrected chi connectivity index (χ4v) is 3.49. The van der Waals surface area contributed by atoms with Crippen LogP contribution in [0.3, 0.4) is 0 Å². The van der Waals surface area contributed by atoms with Crippen LogP contribution in [0.5, 0.6) is 0 Å². The number of benzene rings is 1. The number of likely N-dealkylation sites (N-methyl/N-ethyl adjacent to an activating group) is 1. The monoisotopic (exact) mass is 358 g/mol. The van der Waals surface area contributed by atoms with E-state index in [0.717, 1.165) is 36.3 Å². The number of halogens is 1. The van der Waals surface area contributed by atoms with E-state index < -0.39 is 0 Å². The van der Waals surface area contributed by atoms with Gasteiger partial charge in [0.05, 0.1) is 17.9 Å². The molecule has 1 aromatic heterocycles. The van der Waals surface area contributed by atoms with E-state index >= 15 is 0 Å². The Morgan fingerprint density at radius 2 is 2.12 bits per heavy atom. The molecule has 0 saturated carbocycles. The van der Waals surface area contributed by atoms with Crippen LogP contribution >= 0.6 is 11.6 Å². The number of hydrogen-bond donors (Lipinski definition) is 0. The third kappa shape index (κ3) is 4.35. The van der Waals surface area contributed by atoms with Gasteiger partial charge in [-0.3, -0.25) is 14.8 Å². The molecule has 0 aliphatic carbocycles. The molecule has 25 heavy (non-hydrogen) atoms. The summed E-state index contributed by atoms with van der Waals surface area (Å²) < 4.78 is 0. The lowest BCUT2D eigenvalue weighted by atomic mass is 9.91. The third-order valence-corrected chi connectivity index (χ3v) is 4.67. The van der Waals surface area contributed by atoms with Gasteiger partial charge in [-0.25, -0.2) is 0 Å². The Hall–Kier alpha value is -1.98. The summed E-state index contributed by atoms with van der Waals surface area (Å²) in [6, 6.07) is 7.68. The lowest BCUT2D eigenvalue weighted by Crippen LogP contribution is -2.43. The number of aromatic nitrogens is 2. The van der Waals surface area contributed by atoms with Crippen LogP contribution < -0.4 is 0 Å². The van der Waals surface area contributed by atoms with Gasteiger partial charge in [-0.05, 0) is 39.1 Å². The first-order valence-electron chi connectivity index (χ1n) is 8.54. The SMILES string of the molecule is CN(C)CC(=O)N1CCC[C@H](c2nccnc2-c2cccc(Cl)c2)C1. The maximum absolute atomic E-state index is 12.4. The molecule has 1 aliphatic heterocycles. The van der Waals surface area contributed by atoms with Gasteiger partial charge >= 0.3 is 0 Å². The first-order valence-corrected chi connectivity index (χ1v) is 8.91. The van der Waals surface area contributed by atoms with Gasteiger partial charge in [0.2, 0.25) is 5.91 Å². The molecule has 1 aliphatic rings. The summed E-state index contributed by atoms with van der Waals surface area (Å²) >= 11 is 6.14. The summed E-state index contributed by atoms with van der Waals surface area (Å²) in [4.78, 5) is 25.4. The molecule has 2 aromatic rings. The third-order valence-electron chi connectivity index (χ3n) is 4.44. The summed E-state index contributed by atoms with van der Waals surface area (Å²) in [6.45, 7) is 1.95. The molecule has 0 bridgehead atoms. The molecule has 132 valence electrons. The van der Waals surface area contributed by atoms with Gasteiger partial charge in [0.1, 0.15) is 0 Å². The van der Waals surface area contributed by atoms with Gasteiger partial charge in [-0.1, -0.05) is 23.7 Å². The zero-order valence-corrected chi connectivity index (χ0v) is 15.4. The van der Waals surface area contributed by atoms with Gasteiger partial charge < -0.3 is 9.80 Å². The first-order chi connectivity index (χ1) is 12.0. The highest BCUT2D eigenvalue weighted by Gasteiger charge is 2.28. The van der Waals surface area contributed by atoms with E-state index in [0.29, 0.717) is 18.1 Å². The summed E-state index contributed by atoms with van der Waals surface area (Å²) in [5, 5.41) is 0.681. The number of likely N-dealkylation sites (tertiary alicyclic amines) is 1. The minimum atomic E-state index is 0.169. The summed E-state index contributed by atoms with van der Waals surface area (Å²) in [7, 11) is 3.83. The number of carbonyl (C=O) groups is 1. The molecule has 1 fully saturated rings. The first kappa shape index (κ1) is 17.8. The Morgan fingerprint density at radius 1 is 1.32 bits per heavy atom. The van der Waals surface area contributed by atoms with E-state index in [4.69, 9.17) is 11.6 Å². The smallest absolute Gasteiger partial charge is 0.236 e. The van der Waals surface area contributed by atoms with Crippen molar-refractivity contribution in [2.24, 2.45) is 0 Å². The van der Waals surface area contributed by atoms with E-state index in [2.05, 4.69) is 9.97 Å². The van der Waals surface area contributed by atoms with E-state index in [1.807, 2.05) is 48.2 Å². The summed E-state index contributed by atoms with van der Waals surface area (Å²) in [6.07, 6.45) is 5.43. The topological polar surface area (TPSA) is 49.3 Å². The fourth-order valence-electron chi connectivity index (χ4n) is 3.30. The average molecular weight is 359 g/mol. The molecule has 0 unspecified atom stereocenters. The lowest BCUT2D eigenvalue weighted by Gasteiger charge is -2.33. The molecule has 1 atom stereocenters. The minimum absolute atomic E-state index is 0.169. The van der Waals surface area contributed by atoms with Crippen molar-refractivity contribution in [3.8, 4) is 11.3 Å². The van der Waals surface area contributed by atoms with E-state index in [1.165, 1.54) is 0 Å². The maximum Gasteiger partial charge on any atom is 0.236 e. The number of rotatable bonds is 4. The Balaban J connectivity index is 1.85. The second-order valence-electron chi connectivity index (χ2n) is 6.72. The zero-order chi connectivity index (χ0) is 17.8. The van der Waals surface area contributed by atoms with Crippen molar-refractivity contribution in [2.45, 2.75) is 18.8 Å². The highest BCUT2D eigenvalue weighted by Crippen LogP contribution is 2.32. The van der Waals surface area contributed by atoms with Crippen molar-refractivity contribution < 1.29 is 4.79 Å². The normalized spacial score (nSPS) is 17.8. The van der Waals surface area contributed by atoms with Crippen molar-refractivity contribution in [2.75, 3.05) is 33.7 Å². The molecule has 0 N–H and O–H groups in total. The summed E-state index contributed by atoms with van der Waals surface area (Å²) in [5.74, 6) is 0.366. The highest BCUT2D eigenvalue weighted by atomic mass is 35.5. The molecule has 2 heterocycles. The van der Waals surface area contributed by atoms with Crippen LogP contribution in [0.4, 0.5) is 0 Å². The van der Waals surface area contributed by atoms with Crippen LogP contribution in [0.1, 0.15) is 24.5 Å². The molecular formula is C19H23ClN4O. The van der Waals surface area contributed by atoms with Crippen molar-refractivity contribution >= 4 is 17.5 Å².